The molecule has 1 atom stereocenters. The van der Waals surface area contributed by atoms with Gasteiger partial charge in [-0.3, -0.25) is 4.90 Å². The second-order valence-electron chi connectivity index (χ2n) is 3.14. The van der Waals surface area contributed by atoms with Gasteiger partial charge < -0.3 is 10.5 Å². The van der Waals surface area contributed by atoms with Crippen LogP contribution in [0.4, 0.5) is 0 Å². The first-order valence-corrected chi connectivity index (χ1v) is 5.03. The van der Waals surface area contributed by atoms with Crippen molar-refractivity contribution in [3.63, 3.8) is 0 Å². The van der Waals surface area contributed by atoms with E-state index in [1.165, 1.54) is 0 Å². The van der Waals surface area contributed by atoms with Crippen molar-refractivity contribution in [2.45, 2.75) is 19.6 Å². The summed E-state index contributed by atoms with van der Waals surface area (Å²) in [6, 6.07) is 0. The molecule has 0 radical (unpaired) electrons. The summed E-state index contributed by atoms with van der Waals surface area (Å²) in [5.74, 6) is 0. The molecule has 0 aliphatic carbocycles. The Balaban J connectivity index is 3.80. The standard InChI is InChI=1S/C11H22N2O/c1-4-8-13(9-5-2)11(3)14-10-6-7-12/h4-5,11H,1-2,6-10,12H2,3H3. The van der Waals surface area contributed by atoms with E-state index in [0.717, 1.165) is 19.5 Å². The Kier molecular flexibility index (Phi) is 8.53. The van der Waals surface area contributed by atoms with Crippen LogP contribution in [0.25, 0.3) is 0 Å². The molecule has 0 saturated carbocycles. The van der Waals surface area contributed by atoms with E-state index in [1.807, 2.05) is 19.1 Å². The van der Waals surface area contributed by atoms with E-state index in [4.69, 9.17) is 10.5 Å². The summed E-state index contributed by atoms with van der Waals surface area (Å²) in [5, 5.41) is 0. The minimum Gasteiger partial charge on any atom is -0.363 e. The molecule has 14 heavy (non-hydrogen) atoms. The van der Waals surface area contributed by atoms with Crippen molar-refractivity contribution in [2.24, 2.45) is 5.73 Å². The average molecular weight is 198 g/mol. The van der Waals surface area contributed by atoms with Gasteiger partial charge in [-0.2, -0.15) is 0 Å². The van der Waals surface area contributed by atoms with Gasteiger partial charge in [-0.05, 0) is 19.9 Å². The number of nitrogens with zero attached hydrogens (tertiary/aromatic N) is 1. The molecular weight excluding hydrogens is 176 g/mol. The summed E-state index contributed by atoms with van der Waals surface area (Å²) < 4.78 is 5.60. The van der Waals surface area contributed by atoms with Crippen LogP contribution in [0.3, 0.4) is 0 Å². The molecule has 0 fully saturated rings. The van der Waals surface area contributed by atoms with Crippen LogP contribution in [0.1, 0.15) is 13.3 Å². The Morgan fingerprint density at radius 1 is 1.36 bits per heavy atom. The predicted molar refractivity (Wildman–Crippen MR) is 61.1 cm³/mol. The van der Waals surface area contributed by atoms with Crippen LogP contribution in [-0.2, 0) is 4.74 Å². The van der Waals surface area contributed by atoms with Gasteiger partial charge in [-0.1, -0.05) is 12.2 Å². The van der Waals surface area contributed by atoms with Gasteiger partial charge in [0.15, 0.2) is 0 Å². The van der Waals surface area contributed by atoms with Crippen molar-refractivity contribution in [1.82, 2.24) is 4.90 Å². The first kappa shape index (κ1) is 13.4. The molecule has 0 aliphatic rings. The monoisotopic (exact) mass is 198 g/mol. The number of ether oxygens (including phenoxy) is 1. The van der Waals surface area contributed by atoms with Gasteiger partial charge >= 0.3 is 0 Å². The van der Waals surface area contributed by atoms with Crippen LogP contribution < -0.4 is 5.73 Å². The number of hydrogen-bond acceptors (Lipinski definition) is 3. The summed E-state index contributed by atoms with van der Waals surface area (Å²) in [5.41, 5.74) is 5.38. The van der Waals surface area contributed by atoms with E-state index in [0.29, 0.717) is 13.2 Å². The third-order valence-electron chi connectivity index (χ3n) is 1.95. The van der Waals surface area contributed by atoms with E-state index in [2.05, 4.69) is 18.1 Å². The molecule has 0 aromatic heterocycles. The van der Waals surface area contributed by atoms with Gasteiger partial charge in [-0.25, -0.2) is 0 Å². The lowest BCUT2D eigenvalue weighted by atomic mass is 10.4. The summed E-state index contributed by atoms with van der Waals surface area (Å²) in [6.07, 6.45) is 4.73. The Morgan fingerprint density at radius 2 is 1.93 bits per heavy atom. The number of rotatable bonds is 9. The molecule has 0 heterocycles. The first-order chi connectivity index (χ1) is 6.76. The maximum Gasteiger partial charge on any atom is 0.108 e. The van der Waals surface area contributed by atoms with Crippen LogP contribution >= 0.6 is 0 Å². The average Bonchev–Trinajstić information content (AvgIpc) is 2.18. The van der Waals surface area contributed by atoms with Crippen LogP contribution in [0.15, 0.2) is 25.3 Å². The molecule has 0 aromatic rings. The molecule has 82 valence electrons. The highest BCUT2D eigenvalue weighted by Gasteiger charge is 2.10. The van der Waals surface area contributed by atoms with Gasteiger partial charge in [0, 0.05) is 19.7 Å². The molecule has 0 saturated heterocycles. The number of nitrogens with two attached hydrogens (primary N) is 1. The molecule has 0 aliphatic heterocycles. The molecule has 0 rings (SSSR count). The van der Waals surface area contributed by atoms with Crippen molar-refractivity contribution in [1.29, 1.82) is 0 Å². The van der Waals surface area contributed by atoms with Gasteiger partial charge in [0.1, 0.15) is 6.23 Å². The molecule has 3 heteroatoms. The summed E-state index contributed by atoms with van der Waals surface area (Å²) >= 11 is 0. The van der Waals surface area contributed by atoms with E-state index in [9.17, 15) is 0 Å². The van der Waals surface area contributed by atoms with Crippen molar-refractivity contribution < 1.29 is 4.74 Å². The zero-order valence-corrected chi connectivity index (χ0v) is 9.11. The van der Waals surface area contributed by atoms with Crippen LogP contribution in [0.2, 0.25) is 0 Å². The SMILES string of the molecule is C=CCN(CC=C)C(C)OCCCN. The van der Waals surface area contributed by atoms with Crippen molar-refractivity contribution in [3.05, 3.63) is 25.3 Å². The van der Waals surface area contributed by atoms with E-state index >= 15 is 0 Å². The van der Waals surface area contributed by atoms with Crippen molar-refractivity contribution in [3.8, 4) is 0 Å². The predicted octanol–water partition coefficient (Wildman–Crippen LogP) is 1.37. The van der Waals surface area contributed by atoms with E-state index in [-0.39, 0.29) is 6.23 Å². The van der Waals surface area contributed by atoms with Gasteiger partial charge in [-0.15, -0.1) is 13.2 Å². The highest BCUT2D eigenvalue weighted by atomic mass is 16.5. The molecule has 2 N–H and O–H groups in total. The molecule has 0 bridgehead atoms. The summed E-state index contributed by atoms with van der Waals surface area (Å²) in [7, 11) is 0. The second kappa shape index (κ2) is 8.94. The zero-order chi connectivity index (χ0) is 10.8. The van der Waals surface area contributed by atoms with Crippen molar-refractivity contribution in [2.75, 3.05) is 26.2 Å². The Labute approximate surface area is 87.2 Å². The van der Waals surface area contributed by atoms with Crippen molar-refractivity contribution >= 4 is 0 Å². The first-order valence-electron chi connectivity index (χ1n) is 5.03. The maximum absolute atomic E-state index is 5.60. The Bertz CT molecular complexity index is 149. The molecule has 1 unspecified atom stereocenters. The molecular formula is C11H22N2O. The third kappa shape index (κ3) is 5.91. The van der Waals surface area contributed by atoms with Crippen LogP contribution in [0.5, 0.6) is 0 Å². The topological polar surface area (TPSA) is 38.5 Å². The quantitative estimate of drug-likeness (QED) is 0.345. The van der Waals surface area contributed by atoms with Crippen LogP contribution in [0, 0.1) is 0 Å². The smallest absolute Gasteiger partial charge is 0.108 e. The fourth-order valence-corrected chi connectivity index (χ4v) is 1.15. The fraction of sp³-hybridized carbons (Fsp3) is 0.636. The Hall–Kier alpha value is -0.640. The molecule has 3 nitrogen and oxygen atoms in total. The zero-order valence-electron chi connectivity index (χ0n) is 9.11. The minimum atomic E-state index is 0.0950. The largest absolute Gasteiger partial charge is 0.363 e. The van der Waals surface area contributed by atoms with Gasteiger partial charge in [0.2, 0.25) is 0 Å². The highest BCUT2D eigenvalue weighted by molar-refractivity contribution is 4.80. The van der Waals surface area contributed by atoms with Gasteiger partial charge in [0.25, 0.3) is 0 Å². The lowest BCUT2D eigenvalue weighted by Gasteiger charge is -2.26. The molecule has 0 spiro atoms. The van der Waals surface area contributed by atoms with Gasteiger partial charge in [0.05, 0.1) is 0 Å². The lowest BCUT2D eigenvalue weighted by molar-refractivity contribution is -0.0368. The highest BCUT2D eigenvalue weighted by Crippen LogP contribution is 2.01. The third-order valence-corrected chi connectivity index (χ3v) is 1.95. The van der Waals surface area contributed by atoms with E-state index in [1.54, 1.807) is 0 Å². The Morgan fingerprint density at radius 3 is 2.36 bits per heavy atom. The lowest BCUT2D eigenvalue weighted by Crippen LogP contribution is -2.35. The minimum absolute atomic E-state index is 0.0950. The maximum atomic E-state index is 5.60. The van der Waals surface area contributed by atoms with E-state index < -0.39 is 0 Å². The summed E-state index contributed by atoms with van der Waals surface area (Å²) in [6.45, 7) is 12.5. The normalized spacial score (nSPS) is 12.8. The molecule has 0 aromatic carbocycles. The van der Waals surface area contributed by atoms with Crippen LogP contribution in [-0.4, -0.2) is 37.4 Å². The number of hydrogen-bond donors (Lipinski definition) is 1. The fourth-order valence-electron chi connectivity index (χ4n) is 1.15. The summed E-state index contributed by atoms with van der Waals surface area (Å²) in [4.78, 5) is 2.15. The molecule has 0 amide bonds. The second-order valence-corrected chi connectivity index (χ2v) is 3.14.